The molecule has 1 N–H and O–H groups in total. The molecule has 0 bridgehead atoms. The van der Waals surface area contributed by atoms with Crippen molar-refractivity contribution >= 4 is 11.9 Å². The number of carbonyl (C=O) groups excluding carboxylic acids is 2. The molecule has 1 atom stereocenters. The molecule has 0 aliphatic rings. The minimum Gasteiger partial charge on any atom is -0.462 e. The van der Waals surface area contributed by atoms with Crippen molar-refractivity contribution in [3.05, 3.63) is 134 Å². The van der Waals surface area contributed by atoms with Crippen LogP contribution in [-0.4, -0.2) is 36.4 Å². The van der Waals surface area contributed by atoms with Crippen molar-refractivity contribution in [1.82, 2.24) is 0 Å². The smallest absolute Gasteiger partial charge is 0.306 e. The topological polar surface area (TPSA) is 72.8 Å². The zero-order valence-electron chi connectivity index (χ0n) is 50.9. The minimum atomic E-state index is -0.783. The Morgan fingerprint density at radius 2 is 0.513 bits per heavy atom. The summed E-state index contributed by atoms with van der Waals surface area (Å²) < 4.78 is 10.7. The van der Waals surface area contributed by atoms with E-state index in [4.69, 9.17) is 9.47 Å². The number of aliphatic hydroxyl groups is 1. The molecule has 0 amide bonds. The number of unbranched alkanes of at least 4 members (excludes halogenated alkanes) is 29. The predicted octanol–water partition coefficient (Wildman–Crippen LogP) is 22.8. The summed E-state index contributed by atoms with van der Waals surface area (Å²) in [7, 11) is 0. The first-order chi connectivity index (χ1) is 38.6. The standard InChI is InChI=1S/C73H122O5/c1-3-5-7-9-11-13-15-17-19-21-23-25-27-29-31-33-34-35-36-37-38-40-41-43-45-47-49-51-53-55-57-59-61-63-65-67-72(75)77-70-71(69-74)78-73(76)68-66-64-62-60-58-56-54-52-50-48-46-44-42-39-32-30-28-26-24-22-20-18-16-14-12-10-8-6-4-2/h5-8,11-14,17-20,23-26,29-32,42,44,71,74H,3-4,9-10,15-16,21-22,27-28,33-41,43,45-70H2,1-2H3/b7-5-,8-6-,13-11-,14-12-,19-17-,20-18-,25-23-,26-24-,31-29-,32-30-,44-42-. The number of esters is 2. The predicted molar refractivity (Wildman–Crippen MR) is 343 cm³/mol. The van der Waals surface area contributed by atoms with Gasteiger partial charge in [0, 0.05) is 12.8 Å². The molecular weight excluding hydrogens is 957 g/mol. The van der Waals surface area contributed by atoms with E-state index in [1.165, 1.54) is 161 Å². The van der Waals surface area contributed by atoms with Crippen LogP contribution in [0.4, 0.5) is 0 Å². The van der Waals surface area contributed by atoms with Crippen LogP contribution in [0, 0.1) is 0 Å². The molecule has 0 aliphatic heterocycles. The monoisotopic (exact) mass is 1080 g/mol. The van der Waals surface area contributed by atoms with Crippen molar-refractivity contribution in [3.8, 4) is 0 Å². The largest absolute Gasteiger partial charge is 0.462 e. The lowest BCUT2D eigenvalue weighted by molar-refractivity contribution is -0.161. The van der Waals surface area contributed by atoms with Crippen LogP contribution >= 0.6 is 0 Å². The van der Waals surface area contributed by atoms with Gasteiger partial charge in [0.05, 0.1) is 6.61 Å². The summed E-state index contributed by atoms with van der Waals surface area (Å²) in [6, 6.07) is 0. The first-order valence-electron chi connectivity index (χ1n) is 32.7. The van der Waals surface area contributed by atoms with Gasteiger partial charge in [0.1, 0.15) is 6.61 Å². The van der Waals surface area contributed by atoms with E-state index in [0.717, 1.165) is 109 Å². The number of hydrogen-bond donors (Lipinski definition) is 1. The molecule has 1 unspecified atom stereocenters. The zero-order valence-corrected chi connectivity index (χ0v) is 50.9. The van der Waals surface area contributed by atoms with E-state index in [2.05, 4.69) is 148 Å². The van der Waals surface area contributed by atoms with Crippen LogP contribution in [0.2, 0.25) is 0 Å². The highest BCUT2D eigenvalue weighted by Crippen LogP contribution is 2.17. The Bertz CT molecular complexity index is 1600. The molecule has 0 saturated carbocycles. The lowest BCUT2D eigenvalue weighted by atomic mass is 10.0. The van der Waals surface area contributed by atoms with Gasteiger partial charge < -0.3 is 14.6 Å². The highest BCUT2D eigenvalue weighted by molar-refractivity contribution is 5.70. The van der Waals surface area contributed by atoms with Gasteiger partial charge in [0.15, 0.2) is 6.10 Å². The molecule has 78 heavy (non-hydrogen) atoms. The molecule has 5 heteroatoms. The first kappa shape index (κ1) is 74.0. The summed E-state index contributed by atoms with van der Waals surface area (Å²) in [6.45, 7) is 3.93. The van der Waals surface area contributed by atoms with Crippen LogP contribution in [0.3, 0.4) is 0 Å². The van der Waals surface area contributed by atoms with E-state index < -0.39 is 6.10 Å². The minimum absolute atomic E-state index is 0.0715. The van der Waals surface area contributed by atoms with Gasteiger partial charge in [0.2, 0.25) is 0 Å². The van der Waals surface area contributed by atoms with Crippen molar-refractivity contribution in [3.63, 3.8) is 0 Å². The second kappa shape index (κ2) is 67.3. The molecular formula is C73H122O5. The summed E-state index contributed by atoms with van der Waals surface area (Å²) in [6.07, 6.45) is 100. The molecule has 0 radical (unpaired) electrons. The Morgan fingerprint density at radius 3 is 0.769 bits per heavy atom. The molecule has 5 nitrogen and oxygen atoms in total. The fourth-order valence-corrected chi connectivity index (χ4v) is 9.12. The number of ether oxygens (including phenoxy) is 2. The van der Waals surface area contributed by atoms with Crippen LogP contribution in [0.25, 0.3) is 0 Å². The number of rotatable bonds is 59. The van der Waals surface area contributed by atoms with Gasteiger partial charge in [-0.1, -0.05) is 308 Å². The second-order valence-corrected chi connectivity index (χ2v) is 21.4. The summed E-state index contributed by atoms with van der Waals surface area (Å²) in [5.74, 6) is -0.592. The summed E-state index contributed by atoms with van der Waals surface area (Å²) in [5, 5.41) is 9.69. The van der Waals surface area contributed by atoms with Crippen molar-refractivity contribution < 1.29 is 24.2 Å². The molecule has 0 aromatic heterocycles. The lowest BCUT2D eigenvalue weighted by Crippen LogP contribution is -2.28. The Balaban J connectivity index is 3.49. The van der Waals surface area contributed by atoms with E-state index in [1.807, 2.05) is 0 Å². The van der Waals surface area contributed by atoms with Crippen molar-refractivity contribution in [2.75, 3.05) is 13.2 Å². The van der Waals surface area contributed by atoms with Gasteiger partial charge in [0.25, 0.3) is 0 Å². The normalized spacial score (nSPS) is 13.1. The van der Waals surface area contributed by atoms with Gasteiger partial charge in [-0.25, -0.2) is 0 Å². The number of aliphatic hydroxyl groups excluding tert-OH is 1. The Labute approximate surface area is 483 Å². The lowest BCUT2D eigenvalue weighted by Gasteiger charge is -2.15. The maximum Gasteiger partial charge on any atom is 0.306 e. The van der Waals surface area contributed by atoms with Gasteiger partial charge in [-0.05, 0) is 109 Å². The fraction of sp³-hybridized carbons (Fsp3) is 0.671. The Kier molecular flexibility index (Phi) is 63.9. The van der Waals surface area contributed by atoms with Gasteiger partial charge in [-0.3, -0.25) is 9.59 Å². The summed E-state index contributed by atoms with van der Waals surface area (Å²) >= 11 is 0. The number of carbonyl (C=O) groups is 2. The maximum absolute atomic E-state index is 12.3. The third kappa shape index (κ3) is 64.6. The van der Waals surface area contributed by atoms with E-state index in [1.54, 1.807) is 0 Å². The van der Waals surface area contributed by atoms with E-state index >= 15 is 0 Å². The van der Waals surface area contributed by atoms with Crippen LogP contribution < -0.4 is 0 Å². The molecule has 0 aromatic carbocycles. The quantitative estimate of drug-likeness (QED) is 0.0373. The van der Waals surface area contributed by atoms with Gasteiger partial charge in [-0.2, -0.15) is 0 Å². The summed E-state index contributed by atoms with van der Waals surface area (Å²) in [4.78, 5) is 24.6. The third-order valence-electron chi connectivity index (χ3n) is 13.9. The highest BCUT2D eigenvalue weighted by Gasteiger charge is 2.16. The first-order valence-corrected chi connectivity index (χ1v) is 32.7. The molecule has 0 fully saturated rings. The SMILES string of the molecule is CC/C=C\C/C=C\C/C=C\C/C=C\C/C=C\C/C=C\CCCCCCCCCCCCC(=O)OC(CO)COC(=O)CCCCCCCCCCCCCCCCCCCCC/C=C\C/C=C\C/C=C\C/C=C\C/C=C\CC. The Hall–Kier alpha value is -3.96. The van der Waals surface area contributed by atoms with Crippen LogP contribution in [-0.2, 0) is 19.1 Å². The zero-order chi connectivity index (χ0) is 56.2. The molecule has 0 rings (SSSR count). The molecule has 444 valence electrons. The average molecular weight is 1080 g/mol. The molecule has 0 aliphatic carbocycles. The summed E-state index contributed by atoms with van der Waals surface area (Å²) in [5.41, 5.74) is 0. The number of allylic oxidation sites excluding steroid dienone is 22. The third-order valence-corrected chi connectivity index (χ3v) is 13.9. The van der Waals surface area contributed by atoms with Crippen LogP contribution in [0.5, 0.6) is 0 Å². The van der Waals surface area contributed by atoms with Gasteiger partial charge >= 0.3 is 11.9 Å². The van der Waals surface area contributed by atoms with Crippen molar-refractivity contribution in [2.45, 2.75) is 302 Å². The van der Waals surface area contributed by atoms with E-state index in [-0.39, 0.29) is 25.2 Å². The average Bonchev–Trinajstić information content (AvgIpc) is 3.44. The molecule has 0 aromatic rings. The van der Waals surface area contributed by atoms with Crippen molar-refractivity contribution in [2.24, 2.45) is 0 Å². The van der Waals surface area contributed by atoms with Crippen molar-refractivity contribution in [1.29, 1.82) is 0 Å². The van der Waals surface area contributed by atoms with Gasteiger partial charge in [-0.15, -0.1) is 0 Å². The van der Waals surface area contributed by atoms with E-state index in [0.29, 0.717) is 12.8 Å². The fourth-order valence-electron chi connectivity index (χ4n) is 9.12. The van der Waals surface area contributed by atoms with Crippen LogP contribution in [0.1, 0.15) is 296 Å². The number of hydrogen-bond acceptors (Lipinski definition) is 5. The molecule has 0 saturated heterocycles. The van der Waals surface area contributed by atoms with Crippen LogP contribution in [0.15, 0.2) is 134 Å². The Morgan fingerprint density at radius 1 is 0.295 bits per heavy atom. The maximum atomic E-state index is 12.3. The molecule has 0 heterocycles. The molecule has 0 spiro atoms. The van der Waals surface area contributed by atoms with E-state index in [9.17, 15) is 14.7 Å². The highest BCUT2D eigenvalue weighted by atomic mass is 16.6. The second-order valence-electron chi connectivity index (χ2n) is 21.4.